The van der Waals surface area contributed by atoms with E-state index in [0.717, 1.165) is 22.6 Å². The molecule has 0 unspecified atom stereocenters. The van der Waals surface area contributed by atoms with Crippen LogP contribution in [-0.4, -0.2) is 15.4 Å². The molecule has 7 nitrogen and oxygen atoms in total. The zero-order chi connectivity index (χ0) is 21.1. The van der Waals surface area contributed by atoms with Crippen molar-refractivity contribution >= 4 is 23.2 Å². The van der Waals surface area contributed by atoms with E-state index in [0.29, 0.717) is 16.7 Å². The first-order chi connectivity index (χ1) is 13.8. The van der Waals surface area contributed by atoms with Crippen LogP contribution in [0, 0.1) is 35.3 Å². The van der Waals surface area contributed by atoms with E-state index in [1.54, 1.807) is 42.5 Å². The maximum atomic E-state index is 11.3. The number of non-ortho nitro benzene ring substituents is 1. The minimum absolute atomic E-state index is 0.0661. The summed E-state index contributed by atoms with van der Waals surface area (Å²) >= 11 is 0. The molecule has 0 fully saturated rings. The Morgan fingerprint density at radius 1 is 1.14 bits per heavy atom. The van der Waals surface area contributed by atoms with E-state index in [2.05, 4.69) is 6.07 Å². The Morgan fingerprint density at radius 2 is 1.83 bits per heavy atom. The summed E-state index contributed by atoms with van der Waals surface area (Å²) in [6.07, 6.45) is 1.72. The van der Waals surface area contributed by atoms with E-state index in [1.807, 2.05) is 24.5 Å². The summed E-state index contributed by atoms with van der Waals surface area (Å²) < 4.78 is 2.00. The average Bonchev–Trinajstić information content (AvgIpc) is 2.99. The number of primary amides is 1. The van der Waals surface area contributed by atoms with Crippen molar-refractivity contribution in [2.75, 3.05) is 0 Å². The number of hydrogen-bond acceptors (Lipinski definition) is 4. The van der Waals surface area contributed by atoms with Crippen molar-refractivity contribution in [3.05, 3.63) is 92.8 Å². The molecule has 0 bridgehead atoms. The summed E-state index contributed by atoms with van der Waals surface area (Å²) in [5.74, 6) is -0.489. The third-order valence-corrected chi connectivity index (χ3v) is 4.67. The standard InChI is InChI=1S/C22H18N4O3/c1-14-10-18(11-19(13-23)17-4-3-5-21(12-17)26(28)29)15(2)25(14)20-8-6-16(7-9-20)22(24)27/h3-12H,1-2H3,(H2,24,27)/b19-11-. The molecule has 0 aliphatic heterocycles. The van der Waals surface area contributed by atoms with Crippen LogP contribution in [0.5, 0.6) is 0 Å². The highest BCUT2D eigenvalue weighted by molar-refractivity contribution is 5.93. The fourth-order valence-corrected chi connectivity index (χ4v) is 3.23. The molecule has 29 heavy (non-hydrogen) atoms. The zero-order valence-electron chi connectivity index (χ0n) is 15.9. The van der Waals surface area contributed by atoms with Gasteiger partial charge in [0.05, 0.1) is 16.6 Å². The van der Waals surface area contributed by atoms with Gasteiger partial charge in [-0.1, -0.05) is 12.1 Å². The van der Waals surface area contributed by atoms with E-state index in [1.165, 1.54) is 12.1 Å². The second-order valence-corrected chi connectivity index (χ2v) is 6.55. The quantitative estimate of drug-likeness (QED) is 0.402. The van der Waals surface area contributed by atoms with Crippen LogP contribution in [-0.2, 0) is 0 Å². The lowest BCUT2D eigenvalue weighted by Crippen LogP contribution is -2.10. The Bertz CT molecular complexity index is 1180. The predicted octanol–water partition coefficient (Wildman–Crippen LogP) is 4.17. The van der Waals surface area contributed by atoms with Gasteiger partial charge in [-0.2, -0.15) is 5.26 Å². The number of amides is 1. The topological polar surface area (TPSA) is 115 Å². The number of nitrogens with zero attached hydrogens (tertiary/aromatic N) is 3. The van der Waals surface area contributed by atoms with Gasteiger partial charge in [0.1, 0.15) is 0 Å². The van der Waals surface area contributed by atoms with Gasteiger partial charge in [0.15, 0.2) is 0 Å². The van der Waals surface area contributed by atoms with E-state index in [-0.39, 0.29) is 5.69 Å². The number of allylic oxidation sites excluding steroid dienone is 1. The highest BCUT2D eigenvalue weighted by atomic mass is 16.6. The summed E-state index contributed by atoms with van der Waals surface area (Å²) in [5, 5.41) is 20.6. The van der Waals surface area contributed by atoms with Crippen molar-refractivity contribution in [3.8, 4) is 11.8 Å². The molecule has 144 valence electrons. The van der Waals surface area contributed by atoms with E-state index < -0.39 is 10.8 Å². The van der Waals surface area contributed by atoms with Crippen molar-refractivity contribution in [2.45, 2.75) is 13.8 Å². The predicted molar refractivity (Wildman–Crippen MR) is 110 cm³/mol. The number of nitriles is 1. The molecule has 2 N–H and O–H groups in total. The number of carbonyl (C=O) groups excluding carboxylic acids is 1. The Kier molecular flexibility index (Phi) is 5.28. The van der Waals surface area contributed by atoms with E-state index >= 15 is 0 Å². The number of nitro groups is 1. The van der Waals surface area contributed by atoms with Crippen molar-refractivity contribution in [2.24, 2.45) is 5.73 Å². The van der Waals surface area contributed by atoms with Crippen molar-refractivity contribution in [1.82, 2.24) is 4.57 Å². The molecular weight excluding hydrogens is 368 g/mol. The number of nitro benzene ring substituents is 1. The molecule has 0 saturated heterocycles. The molecule has 7 heteroatoms. The monoisotopic (exact) mass is 386 g/mol. The first-order valence-corrected chi connectivity index (χ1v) is 8.77. The van der Waals surface area contributed by atoms with Crippen LogP contribution in [0.3, 0.4) is 0 Å². The lowest BCUT2D eigenvalue weighted by atomic mass is 10.0. The second kappa shape index (κ2) is 7.82. The Balaban J connectivity index is 2.05. The van der Waals surface area contributed by atoms with Crippen LogP contribution in [0.4, 0.5) is 5.69 Å². The molecule has 2 aromatic carbocycles. The van der Waals surface area contributed by atoms with Gasteiger partial charge in [-0.15, -0.1) is 0 Å². The van der Waals surface area contributed by atoms with Crippen LogP contribution >= 0.6 is 0 Å². The van der Waals surface area contributed by atoms with Gasteiger partial charge in [-0.25, -0.2) is 0 Å². The molecule has 0 atom stereocenters. The number of aromatic nitrogens is 1. The minimum atomic E-state index is -0.489. The molecule has 1 heterocycles. The molecule has 1 amide bonds. The van der Waals surface area contributed by atoms with Crippen LogP contribution in [0.15, 0.2) is 54.6 Å². The van der Waals surface area contributed by atoms with Gasteiger partial charge in [0.25, 0.3) is 5.69 Å². The smallest absolute Gasteiger partial charge is 0.270 e. The SMILES string of the molecule is Cc1cc(/C=C(/C#N)c2cccc([N+](=O)[O-])c2)c(C)n1-c1ccc(C(N)=O)cc1. The first kappa shape index (κ1) is 19.6. The van der Waals surface area contributed by atoms with Gasteiger partial charge >= 0.3 is 0 Å². The molecule has 0 aliphatic rings. The second-order valence-electron chi connectivity index (χ2n) is 6.55. The molecule has 0 radical (unpaired) electrons. The first-order valence-electron chi connectivity index (χ1n) is 8.77. The lowest BCUT2D eigenvalue weighted by molar-refractivity contribution is -0.384. The summed E-state index contributed by atoms with van der Waals surface area (Å²) in [6, 6.07) is 17.0. The Labute approximate surface area is 167 Å². The number of benzene rings is 2. The maximum Gasteiger partial charge on any atom is 0.270 e. The molecule has 1 aromatic heterocycles. The molecule has 3 aromatic rings. The van der Waals surface area contributed by atoms with Crippen molar-refractivity contribution < 1.29 is 9.72 Å². The van der Waals surface area contributed by atoms with Crippen molar-refractivity contribution in [1.29, 1.82) is 5.26 Å². The molecule has 0 saturated carbocycles. The average molecular weight is 386 g/mol. The number of carbonyl (C=O) groups is 1. The van der Waals surface area contributed by atoms with Gasteiger partial charge in [-0.3, -0.25) is 14.9 Å². The lowest BCUT2D eigenvalue weighted by Gasteiger charge is -2.10. The third-order valence-electron chi connectivity index (χ3n) is 4.67. The largest absolute Gasteiger partial charge is 0.366 e. The van der Waals surface area contributed by atoms with Crippen LogP contribution in [0.1, 0.15) is 32.9 Å². The molecule has 0 spiro atoms. The molecular formula is C22H18N4O3. The number of rotatable bonds is 5. The number of hydrogen-bond donors (Lipinski definition) is 1. The van der Waals surface area contributed by atoms with Crippen LogP contribution in [0.25, 0.3) is 17.3 Å². The summed E-state index contributed by atoms with van der Waals surface area (Å²) in [4.78, 5) is 21.8. The van der Waals surface area contributed by atoms with Crippen LogP contribution in [0.2, 0.25) is 0 Å². The van der Waals surface area contributed by atoms with Crippen molar-refractivity contribution in [3.63, 3.8) is 0 Å². The Hall–Kier alpha value is -4.18. The fourth-order valence-electron chi connectivity index (χ4n) is 3.23. The number of nitrogens with two attached hydrogens (primary N) is 1. The minimum Gasteiger partial charge on any atom is -0.366 e. The highest BCUT2D eigenvalue weighted by Crippen LogP contribution is 2.27. The van der Waals surface area contributed by atoms with Gasteiger partial charge in [0, 0.05) is 34.8 Å². The van der Waals surface area contributed by atoms with E-state index in [9.17, 15) is 20.2 Å². The van der Waals surface area contributed by atoms with Gasteiger partial charge in [0.2, 0.25) is 5.91 Å². The highest BCUT2D eigenvalue weighted by Gasteiger charge is 2.13. The van der Waals surface area contributed by atoms with Crippen LogP contribution < -0.4 is 5.73 Å². The fraction of sp³-hybridized carbons (Fsp3) is 0.0909. The molecule has 0 aliphatic carbocycles. The zero-order valence-corrected chi connectivity index (χ0v) is 15.9. The molecule has 3 rings (SSSR count). The summed E-state index contributed by atoms with van der Waals surface area (Å²) in [7, 11) is 0. The van der Waals surface area contributed by atoms with Gasteiger partial charge in [-0.05, 0) is 61.4 Å². The maximum absolute atomic E-state index is 11.3. The van der Waals surface area contributed by atoms with Gasteiger partial charge < -0.3 is 10.3 Å². The summed E-state index contributed by atoms with van der Waals surface area (Å²) in [5.41, 5.74) is 9.99. The summed E-state index contributed by atoms with van der Waals surface area (Å²) in [6.45, 7) is 3.86. The normalized spacial score (nSPS) is 11.1. The van der Waals surface area contributed by atoms with E-state index in [4.69, 9.17) is 5.73 Å². The third kappa shape index (κ3) is 3.92. The Morgan fingerprint density at radius 3 is 2.41 bits per heavy atom. The number of aryl methyl sites for hydroxylation is 1.